The average Bonchev–Trinajstić information content (AvgIpc) is 3.58. The lowest BCUT2D eigenvalue weighted by Gasteiger charge is -2.36. The number of aliphatic hydroxyl groups excluding tert-OH is 2. The van der Waals surface area contributed by atoms with Crippen LogP contribution in [-0.2, 0) is 45.9 Å². The summed E-state index contributed by atoms with van der Waals surface area (Å²) in [7, 11) is -14.2. The Morgan fingerprint density at radius 2 is 1.84 bits per heavy atom. The fourth-order valence-electron chi connectivity index (χ4n) is 4.43. The summed E-state index contributed by atoms with van der Waals surface area (Å²) < 4.78 is 60.6. The summed E-state index contributed by atoms with van der Waals surface area (Å²) in [5.74, 6) is 0.307. The first-order valence-electron chi connectivity index (χ1n) is 14.9. The van der Waals surface area contributed by atoms with Gasteiger partial charge in [-0.15, -0.1) is 4.98 Å². The van der Waals surface area contributed by atoms with Crippen molar-refractivity contribution >= 4 is 73.7 Å². The van der Waals surface area contributed by atoms with Crippen molar-refractivity contribution in [1.29, 1.82) is 0 Å². The van der Waals surface area contributed by atoms with Gasteiger partial charge in [-0.05, 0) is 6.07 Å². The van der Waals surface area contributed by atoms with Gasteiger partial charge in [0.2, 0.25) is 18.0 Å². The fraction of sp³-hybridized carbons (Fsp3) is 0.667. The number of fused-ring (bicyclic) bond motifs is 1. The summed E-state index contributed by atoms with van der Waals surface area (Å²) in [5, 5.41) is 26.3. The highest BCUT2D eigenvalue weighted by molar-refractivity contribution is 8.76. The zero-order valence-electron chi connectivity index (χ0n) is 27.3. The third kappa shape index (κ3) is 13.3. The molecular formula is C24H38N6O16P3S2-3. The normalized spacial score (nSPS) is 22.7. The van der Waals surface area contributed by atoms with Crippen LogP contribution in [0.1, 0.15) is 33.4 Å². The Morgan fingerprint density at radius 3 is 2.51 bits per heavy atom. The van der Waals surface area contributed by atoms with Crippen molar-refractivity contribution in [3.63, 3.8) is 0 Å². The number of nitrogens with zero attached hydrogens (tertiary/aromatic N) is 2. The minimum absolute atomic E-state index is 0.0942. The number of aliphatic hydroxyl groups is 2. The number of imidazole rings is 1. The van der Waals surface area contributed by atoms with Gasteiger partial charge in [0.15, 0.2) is 11.8 Å². The Hall–Kier alpha value is -1.69. The van der Waals surface area contributed by atoms with Crippen LogP contribution in [0.15, 0.2) is 18.6 Å². The lowest BCUT2D eigenvalue weighted by molar-refractivity contribution is -0.745. The van der Waals surface area contributed by atoms with Gasteiger partial charge in [0.1, 0.15) is 30.6 Å². The minimum Gasteiger partial charge on any atom is -0.790 e. The second-order valence-electron chi connectivity index (χ2n) is 11.4. The smallest absolute Gasteiger partial charge is 0.305 e. The Labute approximate surface area is 299 Å². The van der Waals surface area contributed by atoms with Crippen molar-refractivity contribution in [2.45, 2.75) is 57.8 Å². The molecule has 3 unspecified atom stereocenters. The van der Waals surface area contributed by atoms with Gasteiger partial charge >= 0.3 is 5.65 Å². The molecule has 1 saturated heterocycles. The quantitative estimate of drug-likeness (QED) is 0.0323. The van der Waals surface area contributed by atoms with E-state index in [-0.39, 0.29) is 35.7 Å². The Balaban J connectivity index is 1.55. The monoisotopic (exact) mass is 823 g/mol. The predicted molar refractivity (Wildman–Crippen MR) is 172 cm³/mol. The maximum atomic E-state index is 12.5. The summed E-state index contributed by atoms with van der Waals surface area (Å²) in [6.07, 6.45) is -6.77. The van der Waals surface area contributed by atoms with E-state index >= 15 is 0 Å². The third-order valence-electron chi connectivity index (χ3n) is 6.93. The van der Waals surface area contributed by atoms with Crippen molar-refractivity contribution in [3.05, 3.63) is 18.6 Å². The molecule has 27 heteroatoms. The fourth-order valence-corrected chi connectivity index (χ4v) is 8.74. The third-order valence-corrected chi connectivity index (χ3v) is 12.4. The molecule has 22 nitrogen and oxygen atoms in total. The van der Waals surface area contributed by atoms with E-state index in [1.165, 1.54) is 32.4 Å². The molecule has 7 atom stereocenters. The van der Waals surface area contributed by atoms with E-state index in [0.717, 1.165) is 10.3 Å². The van der Waals surface area contributed by atoms with E-state index < -0.39 is 78.6 Å². The number of aromatic nitrogens is 3. The number of hydrogen-bond donors (Lipinski definition) is 6. The lowest BCUT2D eigenvalue weighted by atomic mass is 9.87. The molecular weight excluding hydrogens is 785 g/mol. The summed E-state index contributed by atoms with van der Waals surface area (Å²) in [6.45, 7) is 2.54. The minimum atomic E-state index is -5.87. The molecule has 1 aliphatic heterocycles. The number of carbonyl (C=O) groups is 2. The highest BCUT2D eigenvalue weighted by Gasteiger charge is 2.49. The van der Waals surface area contributed by atoms with Gasteiger partial charge in [-0.3, -0.25) is 23.7 Å². The number of nitrogens with two attached hydrogens (primary N) is 1. The van der Waals surface area contributed by atoms with Crippen LogP contribution in [0.2, 0.25) is 0 Å². The Morgan fingerprint density at radius 1 is 1.16 bits per heavy atom. The molecule has 1 fully saturated rings. The van der Waals surface area contributed by atoms with Crippen molar-refractivity contribution in [2.75, 3.05) is 43.5 Å². The molecule has 0 aromatic carbocycles. The number of carbonyl (C=O) groups excluding carboxylic acids is 2. The molecule has 290 valence electrons. The second kappa shape index (κ2) is 18.6. The van der Waals surface area contributed by atoms with Gasteiger partial charge in [-0.25, -0.2) is 8.88 Å². The number of ether oxygens (including phenoxy) is 1. The van der Waals surface area contributed by atoms with Crippen LogP contribution in [-0.4, -0.2) is 94.2 Å². The summed E-state index contributed by atoms with van der Waals surface area (Å²) >= 11 is 0. The first kappa shape index (κ1) is 43.7. The highest BCUT2D eigenvalue weighted by Crippen LogP contribution is 2.56. The molecule has 3 rings (SSSR count). The van der Waals surface area contributed by atoms with E-state index in [4.69, 9.17) is 10.5 Å². The number of phosphoric ester groups is 3. The Kier molecular flexibility index (Phi) is 15.9. The Bertz CT molecular complexity index is 1650. The van der Waals surface area contributed by atoms with Crippen LogP contribution >= 0.6 is 45.1 Å². The molecule has 0 saturated carbocycles. The summed E-state index contributed by atoms with van der Waals surface area (Å²) in [5.41, 5.74) is 4.86. The largest absolute Gasteiger partial charge is 0.790 e. The van der Waals surface area contributed by atoms with Crippen molar-refractivity contribution < 1.29 is 80.3 Å². The van der Waals surface area contributed by atoms with E-state index in [0.29, 0.717) is 12.3 Å². The molecule has 51 heavy (non-hydrogen) atoms. The standard InChI is InChI=1S/C24H41N6O16P3S2/c1-4-50-51-10-9-26-16(31)6-8-28-22(34)20(33)24(2,3)12-43-49(40,41)46-48(38,39)42-11-15-19(45-47(35,36)37)18(32)23(44-15)30-13-29-17-14(25)5-7-27-21(17)30/h5,7,13,15,18-20,23,32-33H,4,6,8-12H2,1-3H3,(H8,25,26,27,28,31,34,35,36,37,38,39,40,41)/p-3/t15-,18?,19+,20-,23-/m1/s1. The van der Waals surface area contributed by atoms with Crippen molar-refractivity contribution in [1.82, 2.24) is 20.6 Å². The number of nitrogen functional groups attached to an aromatic ring is 1. The van der Waals surface area contributed by atoms with Crippen LogP contribution in [0.5, 0.6) is 0 Å². The SMILES string of the molecule is CCSSCCNC(=O)CCNC(=O)[C@@H](O)C(C)(C)COP(=O)([O-])OP(=O)([O-])OC[C@H]1O[C@@H]([n+]2c[nH]c3c(N)ccnc32)C(O)[C@H]1OP(=O)([O-])[O-]. The van der Waals surface area contributed by atoms with Crippen LogP contribution < -0.4 is 40.5 Å². The molecule has 3 heterocycles. The first-order valence-corrected chi connectivity index (χ1v) is 21.8. The zero-order valence-corrected chi connectivity index (χ0v) is 31.6. The molecule has 0 aliphatic carbocycles. The van der Waals surface area contributed by atoms with Gasteiger partial charge in [0.25, 0.3) is 15.6 Å². The van der Waals surface area contributed by atoms with E-state index in [2.05, 4.69) is 38.5 Å². The number of phosphoric acid groups is 3. The second-order valence-corrected chi connectivity index (χ2v) is 18.3. The molecule has 7 N–H and O–H groups in total. The van der Waals surface area contributed by atoms with Crippen molar-refractivity contribution in [3.8, 4) is 0 Å². The van der Waals surface area contributed by atoms with Gasteiger partial charge < -0.3 is 69.0 Å². The van der Waals surface area contributed by atoms with Crippen LogP contribution in [0, 0.1) is 5.41 Å². The molecule has 2 amide bonds. The van der Waals surface area contributed by atoms with Crippen LogP contribution in [0.4, 0.5) is 5.69 Å². The molecule has 2 aromatic rings. The van der Waals surface area contributed by atoms with Crippen molar-refractivity contribution in [2.24, 2.45) is 5.41 Å². The van der Waals surface area contributed by atoms with Gasteiger partial charge in [0.05, 0.1) is 26.7 Å². The van der Waals surface area contributed by atoms with Gasteiger partial charge in [-0.1, -0.05) is 42.4 Å². The lowest BCUT2D eigenvalue weighted by Crippen LogP contribution is -2.46. The van der Waals surface area contributed by atoms with E-state index in [9.17, 15) is 53.1 Å². The molecule has 1 aliphatic rings. The number of H-pyrrole nitrogens is 1. The summed E-state index contributed by atoms with van der Waals surface area (Å²) in [4.78, 5) is 78.8. The number of amides is 2. The number of anilines is 1. The molecule has 0 spiro atoms. The summed E-state index contributed by atoms with van der Waals surface area (Å²) in [6, 6.07) is 1.45. The molecule has 2 aromatic heterocycles. The highest BCUT2D eigenvalue weighted by atomic mass is 33.1. The van der Waals surface area contributed by atoms with Crippen LogP contribution in [0.3, 0.4) is 0 Å². The van der Waals surface area contributed by atoms with Gasteiger partial charge in [-0.2, -0.15) is 0 Å². The number of nitrogens with one attached hydrogen (secondary N) is 3. The topological polar surface area (TPSA) is 347 Å². The number of aromatic amines is 1. The van der Waals surface area contributed by atoms with Gasteiger partial charge in [0, 0.05) is 36.4 Å². The zero-order chi connectivity index (χ0) is 38.2. The van der Waals surface area contributed by atoms with E-state index in [1.54, 1.807) is 21.6 Å². The molecule has 0 radical (unpaired) electrons. The number of hydrogen-bond acceptors (Lipinski definition) is 20. The number of pyridine rings is 1. The van der Waals surface area contributed by atoms with Crippen LogP contribution in [0.25, 0.3) is 11.2 Å². The maximum Gasteiger partial charge on any atom is 0.305 e. The predicted octanol–water partition coefficient (Wildman–Crippen LogP) is -2.70. The first-order chi connectivity index (χ1) is 23.7. The van der Waals surface area contributed by atoms with E-state index in [1.807, 2.05) is 6.92 Å². The molecule has 0 bridgehead atoms. The average molecular weight is 824 g/mol. The number of rotatable bonds is 21. The maximum absolute atomic E-state index is 12.5.